The zero-order valence-electron chi connectivity index (χ0n) is 9.71. The van der Waals surface area contributed by atoms with Crippen LogP contribution >= 0.6 is 0 Å². The first-order chi connectivity index (χ1) is 8.25. The Balaban J connectivity index is 1.59. The number of nitrogens with zero attached hydrogens (tertiary/aromatic N) is 1. The Kier molecular flexibility index (Phi) is 3.98. The van der Waals surface area contributed by atoms with E-state index < -0.39 is 0 Å². The molecule has 0 bridgehead atoms. The molecular weight excluding hydrogens is 218 g/mol. The quantitative estimate of drug-likeness (QED) is 0.776. The molecule has 0 unspecified atom stereocenters. The summed E-state index contributed by atoms with van der Waals surface area (Å²) in [6.45, 7) is 1.52. The van der Waals surface area contributed by atoms with Crippen LogP contribution in [0.2, 0.25) is 0 Å². The van der Waals surface area contributed by atoms with Gasteiger partial charge in [0.1, 0.15) is 5.75 Å². The lowest BCUT2D eigenvalue weighted by Gasteiger charge is -2.35. The minimum atomic E-state index is -0.320. The van der Waals surface area contributed by atoms with Gasteiger partial charge in [-0.05, 0) is 18.6 Å². The van der Waals surface area contributed by atoms with Crippen LogP contribution in [-0.2, 0) is 4.79 Å². The van der Waals surface area contributed by atoms with Crippen LogP contribution in [0.1, 0.15) is 12.8 Å². The van der Waals surface area contributed by atoms with Gasteiger partial charge < -0.3 is 14.7 Å². The monoisotopic (exact) mass is 235 g/mol. The highest BCUT2D eigenvalue weighted by molar-refractivity contribution is 5.77. The second-order valence-electron chi connectivity index (χ2n) is 4.22. The Hall–Kier alpha value is -1.55. The number of rotatable bonds is 5. The van der Waals surface area contributed by atoms with Gasteiger partial charge in [-0.1, -0.05) is 18.2 Å². The van der Waals surface area contributed by atoms with Crippen molar-refractivity contribution in [3.05, 3.63) is 30.3 Å². The molecule has 1 amide bonds. The van der Waals surface area contributed by atoms with E-state index in [2.05, 4.69) is 0 Å². The fourth-order valence-corrected chi connectivity index (χ4v) is 1.75. The lowest BCUT2D eigenvalue weighted by Crippen LogP contribution is -2.53. The Morgan fingerprint density at radius 3 is 2.71 bits per heavy atom. The topological polar surface area (TPSA) is 49.8 Å². The summed E-state index contributed by atoms with van der Waals surface area (Å²) in [5.41, 5.74) is 0. The number of aliphatic hydroxyl groups is 1. The van der Waals surface area contributed by atoms with Crippen molar-refractivity contribution >= 4 is 5.91 Å². The molecule has 1 aromatic rings. The van der Waals surface area contributed by atoms with Crippen molar-refractivity contribution in [3.63, 3.8) is 0 Å². The number of aliphatic hydroxyl groups excluding tert-OH is 1. The molecule has 1 aromatic carbocycles. The zero-order chi connectivity index (χ0) is 12.1. The van der Waals surface area contributed by atoms with Crippen LogP contribution in [0.4, 0.5) is 0 Å². The molecule has 1 N–H and O–H groups in total. The number of hydrogen-bond acceptors (Lipinski definition) is 3. The van der Waals surface area contributed by atoms with E-state index in [0.29, 0.717) is 32.5 Å². The molecule has 0 aliphatic carbocycles. The number of amides is 1. The van der Waals surface area contributed by atoms with Crippen molar-refractivity contribution in [2.75, 3.05) is 19.7 Å². The van der Waals surface area contributed by atoms with E-state index in [9.17, 15) is 4.79 Å². The van der Waals surface area contributed by atoms with Crippen LogP contribution < -0.4 is 4.74 Å². The molecule has 1 fully saturated rings. The predicted molar refractivity (Wildman–Crippen MR) is 63.8 cm³/mol. The third-order valence-electron chi connectivity index (χ3n) is 2.76. The lowest BCUT2D eigenvalue weighted by atomic mass is 10.1. The molecule has 1 saturated heterocycles. The number of likely N-dealkylation sites (tertiary alicyclic amines) is 1. The highest BCUT2D eigenvalue weighted by Gasteiger charge is 2.27. The summed E-state index contributed by atoms with van der Waals surface area (Å²) in [5.74, 6) is 0.936. The Morgan fingerprint density at radius 2 is 2.06 bits per heavy atom. The van der Waals surface area contributed by atoms with Crippen molar-refractivity contribution in [1.82, 2.24) is 4.90 Å². The number of carbonyl (C=O) groups excluding carboxylic acids is 1. The van der Waals surface area contributed by atoms with Crippen molar-refractivity contribution in [3.8, 4) is 5.75 Å². The first kappa shape index (κ1) is 11.9. The molecule has 1 heterocycles. The van der Waals surface area contributed by atoms with E-state index in [4.69, 9.17) is 9.84 Å². The van der Waals surface area contributed by atoms with E-state index >= 15 is 0 Å². The molecule has 0 saturated carbocycles. The summed E-state index contributed by atoms with van der Waals surface area (Å²) in [4.78, 5) is 13.2. The van der Waals surface area contributed by atoms with E-state index in [-0.39, 0.29) is 12.0 Å². The predicted octanol–water partition coefficient (Wildman–Crippen LogP) is 1.05. The maximum absolute atomic E-state index is 11.5. The third kappa shape index (κ3) is 3.46. The molecule has 2 rings (SSSR count). The first-order valence-corrected chi connectivity index (χ1v) is 5.89. The van der Waals surface area contributed by atoms with E-state index in [1.165, 1.54) is 0 Å². The summed E-state index contributed by atoms with van der Waals surface area (Å²) in [5, 5.41) is 9.07. The third-order valence-corrected chi connectivity index (χ3v) is 2.76. The molecule has 17 heavy (non-hydrogen) atoms. The first-order valence-electron chi connectivity index (χ1n) is 5.89. The largest absolute Gasteiger partial charge is 0.494 e. The SMILES string of the molecule is O=C(CCCOc1ccccc1)N1CC(O)C1. The summed E-state index contributed by atoms with van der Waals surface area (Å²) in [6.07, 6.45) is 0.874. The number of ether oxygens (including phenoxy) is 1. The van der Waals surface area contributed by atoms with Crippen molar-refractivity contribution in [2.24, 2.45) is 0 Å². The van der Waals surface area contributed by atoms with Crippen LogP contribution in [0, 0.1) is 0 Å². The molecule has 4 heteroatoms. The van der Waals surface area contributed by atoms with Gasteiger partial charge in [0.15, 0.2) is 0 Å². The molecule has 0 atom stereocenters. The molecule has 0 radical (unpaired) electrons. The molecule has 0 aromatic heterocycles. The van der Waals surface area contributed by atoms with Gasteiger partial charge in [0.2, 0.25) is 5.91 Å². The van der Waals surface area contributed by atoms with Crippen LogP contribution in [0.5, 0.6) is 5.75 Å². The summed E-state index contributed by atoms with van der Waals surface area (Å²) >= 11 is 0. The standard InChI is InChI=1S/C13H17NO3/c15-11-9-14(10-11)13(16)7-4-8-17-12-5-2-1-3-6-12/h1-3,5-6,11,15H,4,7-10H2. The minimum Gasteiger partial charge on any atom is -0.494 e. The Bertz CT molecular complexity index is 360. The number of benzene rings is 1. The molecule has 92 valence electrons. The maximum atomic E-state index is 11.5. The molecular formula is C13H17NO3. The average molecular weight is 235 g/mol. The van der Waals surface area contributed by atoms with Crippen LogP contribution in [0.25, 0.3) is 0 Å². The molecule has 1 aliphatic rings. The van der Waals surface area contributed by atoms with Gasteiger partial charge in [-0.3, -0.25) is 4.79 Å². The fourth-order valence-electron chi connectivity index (χ4n) is 1.75. The van der Waals surface area contributed by atoms with Crippen molar-refractivity contribution < 1.29 is 14.6 Å². The fraction of sp³-hybridized carbons (Fsp3) is 0.462. The van der Waals surface area contributed by atoms with Gasteiger partial charge in [-0.25, -0.2) is 0 Å². The summed E-state index contributed by atoms with van der Waals surface area (Å²) < 4.78 is 5.49. The highest BCUT2D eigenvalue weighted by atomic mass is 16.5. The second-order valence-corrected chi connectivity index (χ2v) is 4.22. The Morgan fingerprint density at radius 1 is 1.35 bits per heavy atom. The summed E-state index contributed by atoms with van der Waals surface area (Å²) in [7, 11) is 0. The van der Waals surface area contributed by atoms with Gasteiger partial charge >= 0.3 is 0 Å². The van der Waals surface area contributed by atoms with Gasteiger partial charge in [0, 0.05) is 19.5 Å². The smallest absolute Gasteiger partial charge is 0.222 e. The molecule has 4 nitrogen and oxygen atoms in total. The van der Waals surface area contributed by atoms with Gasteiger partial charge in [0.25, 0.3) is 0 Å². The maximum Gasteiger partial charge on any atom is 0.222 e. The van der Waals surface area contributed by atoms with E-state index in [1.807, 2.05) is 30.3 Å². The van der Waals surface area contributed by atoms with Crippen molar-refractivity contribution in [1.29, 1.82) is 0 Å². The number of para-hydroxylation sites is 1. The number of hydrogen-bond donors (Lipinski definition) is 1. The van der Waals surface area contributed by atoms with E-state index in [0.717, 1.165) is 5.75 Å². The Labute approximate surface area is 101 Å². The minimum absolute atomic E-state index is 0.104. The van der Waals surface area contributed by atoms with Crippen molar-refractivity contribution in [2.45, 2.75) is 18.9 Å². The molecule has 1 aliphatic heterocycles. The van der Waals surface area contributed by atoms with E-state index in [1.54, 1.807) is 4.90 Å². The second kappa shape index (κ2) is 5.68. The normalized spacial score (nSPS) is 15.5. The summed E-state index contributed by atoms with van der Waals surface area (Å²) in [6, 6.07) is 9.57. The number of carbonyl (C=O) groups is 1. The van der Waals surface area contributed by atoms with Gasteiger partial charge in [0.05, 0.1) is 12.7 Å². The van der Waals surface area contributed by atoms with Crippen LogP contribution in [0.3, 0.4) is 0 Å². The van der Waals surface area contributed by atoms with Gasteiger partial charge in [-0.15, -0.1) is 0 Å². The zero-order valence-corrected chi connectivity index (χ0v) is 9.71. The lowest BCUT2D eigenvalue weighted by molar-refractivity contribution is -0.141. The number of β-amino-alcohol motifs (C(OH)–C–C–N with tert-alkyl or cyclic N) is 1. The van der Waals surface area contributed by atoms with Crippen LogP contribution in [-0.4, -0.2) is 41.7 Å². The highest BCUT2D eigenvalue weighted by Crippen LogP contribution is 2.11. The van der Waals surface area contributed by atoms with Crippen LogP contribution in [0.15, 0.2) is 30.3 Å². The molecule has 0 spiro atoms. The van der Waals surface area contributed by atoms with Gasteiger partial charge in [-0.2, -0.15) is 0 Å². The average Bonchev–Trinajstić information content (AvgIpc) is 2.32.